The fraction of sp³-hybridized carbons (Fsp3) is 0.684. The minimum absolute atomic E-state index is 0.126. The first-order chi connectivity index (χ1) is 11.5. The summed E-state index contributed by atoms with van der Waals surface area (Å²) in [5, 5.41) is 2.93. The van der Waals surface area contributed by atoms with E-state index in [2.05, 4.69) is 24.1 Å². The Bertz CT molecular complexity index is 519. The molecule has 0 aliphatic rings. The van der Waals surface area contributed by atoms with Gasteiger partial charge in [0.1, 0.15) is 5.60 Å². The van der Waals surface area contributed by atoms with Gasteiger partial charge in [0, 0.05) is 12.2 Å². The summed E-state index contributed by atoms with van der Waals surface area (Å²) in [6.07, 6.45) is 6.41. The molecule has 1 aromatic rings. The van der Waals surface area contributed by atoms with Gasteiger partial charge in [-0.3, -0.25) is 4.79 Å². The van der Waals surface area contributed by atoms with Gasteiger partial charge in [-0.2, -0.15) is 0 Å². The Kier molecular flexibility index (Phi) is 8.76. The summed E-state index contributed by atoms with van der Waals surface area (Å²) < 4.78 is 11.4. The summed E-state index contributed by atoms with van der Waals surface area (Å²) >= 11 is 0. The summed E-state index contributed by atoms with van der Waals surface area (Å²) in [6, 6.07) is 1.89. The van der Waals surface area contributed by atoms with Gasteiger partial charge in [0.15, 0.2) is 0 Å². The molecule has 0 aromatic carbocycles. The number of aromatic nitrogens is 1. The maximum absolute atomic E-state index is 12.6. The van der Waals surface area contributed by atoms with Crippen LogP contribution in [0.4, 0.5) is 5.69 Å². The molecule has 24 heavy (non-hydrogen) atoms. The van der Waals surface area contributed by atoms with Gasteiger partial charge in [-0.15, -0.1) is 0 Å². The summed E-state index contributed by atoms with van der Waals surface area (Å²) in [7, 11) is 0. The molecule has 1 unspecified atom stereocenters. The second kappa shape index (κ2) is 10.3. The van der Waals surface area contributed by atoms with E-state index >= 15 is 0 Å². The van der Waals surface area contributed by atoms with E-state index in [-0.39, 0.29) is 5.91 Å². The minimum Gasteiger partial charge on any atom is -0.477 e. The Hall–Kier alpha value is -1.62. The Labute approximate surface area is 146 Å². The van der Waals surface area contributed by atoms with Crippen molar-refractivity contribution in [1.29, 1.82) is 0 Å². The van der Waals surface area contributed by atoms with E-state index in [9.17, 15) is 4.79 Å². The molecular weight excluding hydrogens is 304 g/mol. The lowest BCUT2D eigenvalue weighted by atomic mass is 9.97. The molecule has 1 aromatic heterocycles. The number of amides is 1. The number of nitrogens with zero attached hydrogens (tertiary/aromatic N) is 1. The van der Waals surface area contributed by atoms with E-state index in [4.69, 9.17) is 9.47 Å². The molecule has 1 rings (SSSR count). The second-order valence-electron chi connectivity index (χ2n) is 6.27. The summed E-state index contributed by atoms with van der Waals surface area (Å²) in [5.41, 5.74) is 0.771. The predicted molar refractivity (Wildman–Crippen MR) is 97.6 cm³/mol. The largest absolute Gasteiger partial charge is 0.477 e. The normalized spacial score (nSPS) is 13.4. The average molecular weight is 336 g/mol. The lowest BCUT2D eigenvalue weighted by Gasteiger charge is -2.28. The standard InChI is InChI=1S/C19H32N2O3/c1-6-9-11-19(5,24-8-3)18(22)21-16-13-15(4)17(20-14-16)23-12-10-7-2/h13-14H,6-12H2,1-5H3,(H,21,22). The Balaban J connectivity index is 2.76. The van der Waals surface area contributed by atoms with E-state index in [1.54, 1.807) is 6.20 Å². The molecule has 1 amide bonds. The smallest absolute Gasteiger partial charge is 0.256 e. The zero-order chi connectivity index (χ0) is 18.0. The number of nitrogens with one attached hydrogen (secondary N) is 1. The highest BCUT2D eigenvalue weighted by Crippen LogP contribution is 2.23. The number of anilines is 1. The van der Waals surface area contributed by atoms with E-state index in [1.807, 2.05) is 26.8 Å². The molecule has 5 heteroatoms. The van der Waals surface area contributed by atoms with Crippen molar-refractivity contribution in [2.24, 2.45) is 0 Å². The number of carbonyl (C=O) groups excluding carboxylic acids is 1. The third kappa shape index (κ3) is 6.11. The van der Waals surface area contributed by atoms with Crippen molar-refractivity contribution in [1.82, 2.24) is 4.98 Å². The quantitative estimate of drug-likeness (QED) is 0.605. The highest BCUT2D eigenvalue weighted by Gasteiger charge is 2.33. The van der Waals surface area contributed by atoms with Crippen LogP contribution in [0.5, 0.6) is 5.88 Å². The Morgan fingerprint density at radius 1 is 1.25 bits per heavy atom. The van der Waals surface area contributed by atoms with Crippen molar-refractivity contribution >= 4 is 11.6 Å². The number of pyridine rings is 1. The lowest BCUT2D eigenvalue weighted by molar-refractivity contribution is -0.139. The molecule has 136 valence electrons. The van der Waals surface area contributed by atoms with Gasteiger partial charge < -0.3 is 14.8 Å². The number of unbranched alkanes of at least 4 members (excludes halogenated alkanes) is 2. The maximum Gasteiger partial charge on any atom is 0.256 e. The van der Waals surface area contributed by atoms with Gasteiger partial charge in [0.05, 0.1) is 18.5 Å². The van der Waals surface area contributed by atoms with Gasteiger partial charge in [0.2, 0.25) is 5.88 Å². The Morgan fingerprint density at radius 3 is 2.54 bits per heavy atom. The predicted octanol–water partition coefficient (Wildman–Crippen LogP) is 4.49. The van der Waals surface area contributed by atoms with Gasteiger partial charge in [0.25, 0.3) is 5.91 Å². The highest BCUT2D eigenvalue weighted by atomic mass is 16.5. The number of aryl methyl sites for hydroxylation is 1. The van der Waals surface area contributed by atoms with Gasteiger partial charge in [-0.1, -0.05) is 33.1 Å². The summed E-state index contributed by atoms with van der Waals surface area (Å²) in [5.74, 6) is 0.499. The van der Waals surface area contributed by atoms with Crippen LogP contribution >= 0.6 is 0 Å². The fourth-order valence-electron chi connectivity index (χ4n) is 2.44. The maximum atomic E-state index is 12.6. The molecule has 0 saturated carbocycles. The van der Waals surface area contributed by atoms with Gasteiger partial charge in [-0.25, -0.2) is 4.98 Å². The fourth-order valence-corrected chi connectivity index (χ4v) is 2.44. The second-order valence-corrected chi connectivity index (χ2v) is 6.27. The first-order valence-corrected chi connectivity index (χ1v) is 9.01. The van der Waals surface area contributed by atoms with Crippen LogP contribution in [0, 0.1) is 6.92 Å². The molecule has 0 aliphatic carbocycles. The molecule has 0 aliphatic heterocycles. The van der Waals surface area contributed by atoms with Gasteiger partial charge >= 0.3 is 0 Å². The van der Waals surface area contributed by atoms with Crippen molar-refractivity contribution in [3.05, 3.63) is 17.8 Å². The zero-order valence-electron chi connectivity index (χ0n) is 15.8. The third-order valence-corrected chi connectivity index (χ3v) is 3.98. The van der Waals surface area contributed by atoms with Crippen LogP contribution in [-0.2, 0) is 9.53 Å². The van der Waals surface area contributed by atoms with Crippen molar-refractivity contribution < 1.29 is 14.3 Å². The number of carbonyl (C=O) groups is 1. The number of rotatable bonds is 11. The third-order valence-electron chi connectivity index (χ3n) is 3.98. The first kappa shape index (κ1) is 20.4. The van der Waals surface area contributed by atoms with Crippen molar-refractivity contribution in [3.63, 3.8) is 0 Å². The molecule has 1 atom stereocenters. The highest BCUT2D eigenvalue weighted by molar-refractivity contribution is 5.97. The monoisotopic (exact) mass is 336 g/mol. The van der Waals surface area contributed by atoms with Crippen LogP contribution in [0.15, 0.2) is 12.3 Å². The summed E-state index contributed by atoms with van der Waals surface area (Å²) in [6.45, 7) is 11.1. The average Bonchev–Trinajstić information content (AvgIpc) is 2.55. The molecule has 5 nitrogen and oxygen atoms in total. The topological polar surface area (TPSA) is 60.5 Å². The molecule has 1 heterocycles. The minimum atomic E-state index is -0.811. The van der Waals surface area contributed by atoms with Crippen LogP contribution in [0.25, 0.3) is 0 Å². The molecule has 0 fully saturated rings. The molecule has 0 bridgehead atoms. The molecule has 1 N–H and O–H groups in total. The van der Waals surface area contributed by atoms with Crippen LogP contribution in [0.2, 0.25) is 0 Å². The molecule has 0 saturated heterocycles. The van der Waals surface area contributed by atoms with Crippen molar-refractivity contribution in [2.45, 2.75) is 72.3 Å². The summed E-state index contributed by atoms with van der Waals surface area (Å²) in [4.78, 5) is 17.0. The SMILES string of the molecule is CCCCOc1ncc(NC(=O)C(C)(CCCC)OCC)cc1C. The van der Waals surface area contributed by atoms with E-state index < -0.39 is 5.60 Å². The van der Waals surface area contributed by atoms with E-state index in [0.29, 0.717) is 31.2 Å². The van der Waals surface area contributed by atoms with Crippen LogP contribution in [0.1, 0.15) is 65.4 Å². The Morgan fingerprint density at radius 2 is 1.96 bits per heavy atom. The van der Waals surface area contributed by atoms with Crippen LogP contribution < -0.4 is 10.1 Å². The van der Waals surface area contributed by atoms with Crippen molar-refractivity contribution in [3.8, 4) is 5.88 Å². The van der Waals surface area contributed by atoms with Crippen LogP contribution in [-0.4, -0.2) is 29.7 Å². The lowest BCUT2D eigenvalue weighted by Crippen LogP contribution is -2.42. The molecule has 0 spiro atoms. The van der Waals surface area contributed by atoms with Gasteiger partial charge in [-0.05, 0) is 39.7 Å². The zero-order valence-corrected chi connectivity index (χ0v) is 15.8. The number of hydrogen-bond acceptors (Lipinski definition) is 4. The molecular formula is C19H32N2O3. The number of ether oxygens (including phenoxy) is 2. The first-order valence-electron chi connectivity index (χ1n) is 9.01. The van der Waals surface area contributed by atoms with Crippen molar-refractivity contribution in [2.75, 3.05) is 18.5 Å². The van der Waals surface area contributed by atoms with Crippen LogP contribution in [0.3, 0.4) is 0 Å². The van der Waals surface area contributed by atoms with E-state index in [1.165, 1.54) is 0 Å². The molecule has 0 radical (unpaired) electrons. The van der Waals surface area contributed by atoms with E-state index in [0.717, 1.165) is 31.2 Å². The number of hydrogen-bond donors (Lipinski definition) is 1.